The molecule has 0 bridgehead atoms. The van der Waals surface area contributed by atoms with Crippen LogP contribution in [-0.2, 0) is 4.79 Å². The zero-order chi connectivity index (χ0) is 10.6. The molecule has 1 aromatic heterocycles. The van der Waals surface area contributed by atoms with Crippen LogP contribution in [0, 0.1) is 6.92 Å². The third-order valence-corrected chi connectivity index (χ3v) is 2.03. The van der Waals surface area contributed by atoms with Crippen LogP contribution >= 0.6 is 0 Å². The first-order valence-electron chi connectivity index (χ1n) is 4.67. The Morgan fingerprint density at radius 1 is 1.64 bits per heavy atom. The molecule has 0 radical (unpaired) electrons. The van der Waals surface area contributed by atoms with Crippen molar-refractivity contribution in [3.63, 3.8) is 0 Å². The number of carboxylic acid groups (broad SMARTS) is 1. The number of carbonyl (C=O) groups is 1. The van der Waals surface area contributed by atoms with E-state index in [4.69, 9.17) is 5.11 Å². The highest BCUT2D eigenvalue weighted by molar-refractivity contribution is 5.75. The molecule has 0 aliphatic carbocycles. The van der Waals surface area contributed by atoms with Crippen molar-refractivity contribution in [2.45, 2.75) is 32.6 Å². The largest absolute Gasteiger partial charge is 0.481 e. The molecule has 14 heavy (non-hydrogen) atoms. The van der Waals surface area contributed by atoms with E-state index < -0.39 is 11.9 Å². The van der Waals surface area contributed by atoms with Crippen LogP contribution in [0.25, 0.3) is 0 Å². The summed E-state index contributed by atoms with van der Waals surface area (Å²) in [7, 11) is 0. The SMILES string of the molecule is CCCC(C(=O)O)c1ccnc(C)n1. The number of carboxylic acids is 1. The molecule has 0 saturated carbocycles. The quantitative estimate of drug-likeness (QED) is 0.793. The monoisotopic (exact) mass is 194 g/mol. The Balaban J connectivity index is 2.93. The van der Waals surface area contributed by atoms with Crippen molar-refractivity contribution in [1.29, 1.82) is 0 Å². The van der Waals surface area contributed by atoms with Gasteiger partial charge in [0.2, 0.25) is 0 Å². The second-order valence-corrected chi connectivity index (χ2v) is 3.21. The summed E-state index contributed by atoms with van der Waals surface area (Å²) in [5.41, 5.74) is 0.604. The van der Waals surface area contributed by atoms with Crippen LogP contribution in [0.3, 0.4) is 0 Å². The average Bonchev–Trinajstić information content (AvgIpc) is 2.13. The van der Waals surface area contributed by atoms with Crippen LogP contribution in [0.4, 0.5) is 0 Å². The molecule has 1 N–H and O–H groups in total. The summed E-state index contributed by atoms with van der Waals surface area (Å²) in [6, 6.07) is 1.67. The molecule has 0 fully saturated rings. The smallest absolute Gasteiger partial charge is 0.312 e. The fraction of sp³-hybridized carbons (Fsp3) is 0.500. The van der Waals surface area contributed by atoms with Crippen LogP contribution in [0.5, 0.6) is 0 Å². The highest BCUT2D eigenvalue weighted by Crippen LogP contribution is 2.19. The molecule has 1 unspecified atom stereocenters. The molecule has 0 aromatic carbocycles. The number of hydrogen-bond donors (Lipinski definition) is 1. The van der Waals surface area contributed by atoms with Crippen LogP contribution in [-0.4, -0.2) is 21.0 Å². The topological polar surface area (TPSA) is 63.1 Å². The first kappa shape index (κ1) is 10.6. The molecular formula is C10H14N2O2. The number of aromatic nitrogens is 2. The van der Waals surface area contributed by atoms with E-state index in [1.807, 2.05) is 6.92 Å². The number of aryl methyl sites for hydroxylation is 1. The molecule has 0 amide bonds. The van der Waals surface area contributed by atoms with Crippen molar-refractivity contribution in [1.82, 2.24) is 9.97 Å². The highest BCUT2D eigenvalue weighted by atomic mass is 16.4. The second kappa shape index (κ2) is 4.69. The van der Waals surface area contributed by atoms with Crippen LogP contribution in [0.2, 0.25) is 0 Å². The molecule has 0 spiro atoms. The Morgan fingerprint density at radius 2 is 2.36 bits per heavy atom. The molecule has 4 heteroatoms. The standard InChI is InChI=1S/C10H14N2O2/c1-3-4-8(10(13)14)9-5-6-11-7(2)12-9/h5-6,8H,3-4H2,1-2H3,(H,13,14). The molecule has 1 heterocycles. The lowest BCUT2D eigenvalue weighted by atomic mass is 10.00. The Morgan fingerprint density at radius 3 is 2.86 bits per heavy atom. The molecule has 76 valence electrons. The van der Waals surface area contributed by atoms with Crippen molar-refractivity contribution >= 4 is 5.97 Å². The predicted molar refractivity (Wildman–Crippen MR) is 52.1 cm³/mol. The minimum absolute atomic E-state index is 0.498. The maximum atomic E-state index is 10.9. The first-order chi connectivity index (χ1) is 6.65. The zero-order valence-electron chi connectivity index (χ0n) is 8.40. The summed E-state index contributed by atoms with van der Waals surface area (Å²) in [5.74, 6) is -0.698. The van der Waals surface area contributed by atoms with Gasteiger partial charge in [0.1, 0.15) is 5.82 Å². The summed E-state index contributed by atoms with van der Waals surface area (Å²) in [4.78, 5) is 19.0. The second-order valence-electron chi connectivity index (χ2n) is 3.21. The molecule has 0 aliphatic heterocycles. The lowest BCUT2D eigenvalue weighted by molar-refractivity contribution is -0.139. The van der Waals surface area contributed by atoms with Gasteiger partial charge in [0.25, 0.3) is 0 Å². The summed E-state index contributed by atoms with van der Waals surface area (Å²) >= 11 is 0. The Kier molecular flexibility index (Phi) is 3.56. The van der Waals surface area contributed by atoms with Crippen molar-refractivity contribution in [3.05, 3.63) is 23.8 Å². The number of aliphatic carboxylic acids is 1. The highest BCUT2D eigenvalue weighted by Gasteiger charge is 2.19. The van der Waals surface area contributed by atoms with E-state index in [2.05, 4.69) is 9.97 Å². The van der Waals surface area contributed by atoms with Gasteiger partial charge >= 0.3 is 5.97 Å². The van der Waals surface area contributed by atoms with E-state index in [-0.39, 0.29) is 0 Å². The van der Waals surface area contributed by atoms with E-state index in [0.29, 0.717) is 17.9 Å². The van der Waals surface area contributed by atoms with Crippen LogP contribution < -0.4 is 0 Å². The van der Waals surface area contributed by atoms with Gasteiger partial charge in [-0.05, 0) is 19.4 Å². The van der Waals surface area contributed by atoms with E-state index >= 15 is 0 Å². The molecule has 0 saturated heterocycles. The molecule has 1 atom stereocenters. The van der Waals surface area contributed by atoms with Crippen LogP contribution in [0.1, 0.15) is 37.2 Å². The Hall–Kier alpha value is -1.45. The lowest BCUT2D eigenvalue weighted by Crippen LogP contribution is -2.13. The molecular weight excluding hydrogens is 180 g/mol. The summed E-state index contributed by atoms with van der Waals surface area (Å²) in [6.45, 7) is 3.72. The summed E-state index contributed by atoms with van der Waals surface area (Å²) in [6.07, 6.45) is 3.05. The molecule has 1 rings (SSSR count). The zero-order valence-corrected chi connectivity index (χ0v) is 8.40. The maximum absolute atomic E-state index is 10.9. The average molecular weight is 194 g/mol. The van der Waals surface area contributed by atoms with E-state index in [1.54, 1.807) is 19.2 Å². The van der Waals surface area contributed by atoms with E-state index in [0.717, 1.165) is 6.42 Å². The third kappa shape index (κ3) is 2.52. The van der Waals surface area contributed by atoms with E-state index in [1.165, 1.54) is 0 Å². The van der Waals surface area contributed by atoms with Crippen molar-refractivity contribution in [2.75, 3.05) is 0 Å². The fourth-order valence-corrected chi connectivity index (χ4v) is 1.36. The van der Waals surface area contributed by atoms with Gasteiger partial charge in [-0.3, -0.25) is 4.79 Å². The van der Waals surface area contributed by atoms with Gasteiger partial charge in [-0.2, -0.15) is 0 Å². The van der Waals surface area contributed by atoms with Gasteiger partial charge < -0.3 is 5.11 Å². The van der Waals surface area contributed by atoms with Gasteiger partial charge in [-0.25, -0.2) is 9.97 Å². The van der Waals surface area contributed by atoms with Gasteiger partial charge in [0, 0.05) is 6.20 Å². The summed E-state index contributed by atoms with van der Waals surface area (Å²) < 4.78 is 0. The van der Waals surface area contributed by atoms with Gasteiger partial charge in [-0.1, -0.05) is 13.3 Å². The summed E-state index contributed by atoms with van der Waals surface area (Å²) in [5, 5.41) is 8.99. The van der Waals surface area contributed by atoms with Gasteiger partial charge in [0.05, 0.1) is 11.6 Å². The Labute approximate surface area is 83.0 Å². The fourth-order valence-electron chi connectivity index (χ4n) is 1.36. The van der Waals surface area contributed by atoms with Crippen molar-refractivity contribution < 1.29 is 9.90 Å². The maximum Gasteiger partial charge on any atom is 0.312 e. The molecule has 4 nitrogen and oxygen atoms in total. The van der Waals surface area contributed by atoms with Gasteiger partial charge in [-0.15, -0.1) is 0 Å². The first-order valence-corrected chi connectivity index (χ1v) is 4.67. The van der Waals surface area contributed by atoms with Gasteiger partial charge in [0.15, 0.2) is 0 Å². The number of rotatable bonds is 4. The molecule has 0 aliphatic rings. The number of hydrogen-bond acceptors (Lipinski definition) is 3. The predicted octanol–water partition coefficient (Wildman–Crippen LogP) is 1.75. The minimum atomic E-state index is -0.815. The van der Waals surface area contributed by atoms with Crippen molar-refractivity contribution in [3.8, 4) is 0 Å². The van der Waals surface area contributed by atoms with Crippen LogP contribution in [0.15, 0.2) is 12.3 Å². The molecule has 1 aromatic rings. The minimum Gasteiger partial charge on any atom is -0.481 e. The third-order valence-electron chi connectivity index (χ3n) is 2.03. The van der Waals surface area contributed by atoms with E-state index in [9.17, 15) is 4.79 Å². The number of nitrogens with zero attached hydrogens (tertiary/aromatic N) is 2. The Bertz CT molecular complexity index is 326. The lowest BCUT2D eigenvalue weighted by Gasteiger charge is -2.10. The normalized spacial score (nSPS) is 12.4. The van der Waals surface area contributed by atoms with Crippen molar-refractivity contribution in [2.24, 2.45) is 0 Å².